The van der Waals surface area contributed by atoms with Crippen LogP contribution in [0.3, 0.4) is 0 Å². The molecule has 3 amide bonds. The maximum Gasteiger partial charge on any atom is 0.317 e. The van der Waals surface area contributed by atoms with Crippen LogP contribution in [0.15, 0.2) is 42.7 Å². The molecule has 3 heterocycles. The number of amides is 3. The molecule has 2 aliphatic heterocycles. The maximum atomic E-state index is 12.5. The third-order valence-corrected chi connectivity index (χ3v) is 5.28. The minimum absolute atomic E-state index is 0.0308. The van der Waals surface area contributed by atoms with Crippen molar-refractivity contribution in [3.63, 3.8) is 0 Å². The van der Waals surface area contributed by atoms with Crippen LogP contribution < -0.4 is 10.2 Å². The summed E-state index contributed by atoms with van der Waals surface area (Å²) >= 11 is 0. The molecule has 2 aromatic rings. The Bertz CT molecular complexity index is 836. The highest BCUT2D eigenvalue weighted by molar-refractivity contribution is 5.84. The lowest BCUT2D eigenvalue weighted by atomic mass is 10.00. The van der Waals surface area contributed by atoms with Gasteiger partial charge in [0.15, 0.2) is 0 Å². The van der Waals surface area contributed by atoms with Gasteiger partial charge in [-0.2, -0.15) is 0 Å². The fourth-order valence-corrected chi connectivity index (χ4v) is 3.65. The van der Waals surface area contributed by atoms with E-state index in [2.05, 4.69) is 32.3 Å². The van der Waals surface area contributed by atoms with Crippen LogP contribution in [-0.4, -0.2) is 71.0 Å². The molecule has 1 aromatic carbocycles. The summed E-state index contributed by atoms with van der Waals surface area (Å²) in [6.07, 6.45) is 4.29. The summed E-state index contributed by atoms with van der Waals surface area (Å²) in [6.45, 7) is 3.85. The zero-order valence-electron chi connectivity index (χ0n) is 15.8. The minimum Gasteiger partial charge on any atom is -0.337 e. The van der Waals surface area contributed by atoms with E-state index < -0.39 is 0 Å². The Labute approximate surface area is 164 Å². The smallest absolute Gasteiger partial charge is 0.317 e. The van der Waals surface area contributed by atoms with Crippen LogP contribution >= 0.6 is 0 Å². The number of carbonyl (C=O) groups is 2. The van der Waals surface area contributed by atoms with Crippen LogP contribution in [0.1, 0.15) is 11.1 Å². The molecule has 0 bridgehead atoms. The van der Waals surface area contributed by atoms with Crippen molar-refractivity contribution >= 4 is 17.9 Å². The standard InChI is InChI=1S/C20H24N6O2/c27-18(26-9-6-16-4-1-2-5-17(16)15-26)14-23-20(28)25-12-10-24(11-13-25)19-21-7-3-8-22-19/h1-5,7-8H,6,9-15H2,(H,23,28). The highest BCUT2D eigenvalue weighted by Gasteiger charge is 2.24. The molecule has 0 radical (unpaired) electrons. The number of fused-ring (bicyclic) bond motifs is 1. The van der Waals surface area contributed by atoms with Crippen LogP contribution in [0, 0.1) is 0 Å². The summed E-state index contributed by atoms with van der Waals surface area (Å²) in [5.41, 5.74) is 2.49. The number of piperazine rings is 1. The lowest BCUT2D eigenvalue weighted by Gasteiger charge is -2.35. The second-order valence-electron chi connectivity index (χ2n) is 7.02. The molecule has 4 rings (SSSR count). The van der Waals surface area contributed by atoms with Crippen LogP contribution in [0.5, 0.6) is 0 Å². The van der Waals surface area contributed by atoms with Gasteiger partial charge in [-0.25, -0.2) is 14.8 Å². The summed E-state index contributed by atoms with van der Waals surface area (Å²) in [6, 6.07) is 9.78. The Morgan fingerprint density at radius 2 is 1.61 bits per heavy atom. The molecule has 2 aliphatic rings. The molecular formula is C20H24N6O2. The number of carbonyl (C=O) groups excluding carboxylic acids is 2. The van der Waals surface area contributed by atoms with E-state index in [0.29, 0.717) is 45.2 Å². The summed E-state index contributed by atoms with van der Waals surface area (Å²) in [5.74, 6) is 0.641. The van der Waals surface area contributed by atoms with Gasteiger partial charge < -0.3 is 20.0 Å². The minimum atomic E-state index is -0.195. The van der Waals surface area contributed by atoms with Crippen molar-refractivity contribution in [2.75, 3.05) is 44.2 Å². The molecule has 0 saturated carbocycles. The van der Waals surface area contributed by atoms with Crippen molar-refractivity contribution in [1.82, 2.24) is 25.1 Å². The van der Waals surface area contributed by atoms with Gasteiger partial charge in [-0.3, -0.25) is 4.79 Å². The molecule has 0 spiro atoms. The summed E-state index contributed by atoms with van der Waals surface area (Å²) in [4.78, 5) is 39.0. The zero-order valence-corrected chi connectivity index (χ0v) is 15.8. The number of benzene rings is 1. The Morgan fingerprint density at radius 3 is 2.36 bits per heavy atom. The molecule has 1 fully saturated rings. The van der Waals surface area contributed by atoms with E-state index in [4.69, 9.17) is 0 Å². The van der Waals surface area contributed by atoms with Crippen LogP contribution in [0.4, 0.5) is 10.7 Å². The third-order valence-electron chi connectivity index (χ3n) is 5.28. The van der Waals surface area contributed by atoms with Gasteiger partial charge in [-0.05, 0) is 23.6 Å². The first-order valence-electron chi connectivity index (χ1n) is 9.60. The SMILES string of the molecule is O=C(CNC(=O)N1CCN(c2ncccn2)CC1)N1CCc2ccccc2C1. The Balaban J connectivity index is 1.23. The number of nitrogens with one attached hydrogen (secondary N) is 1. The average Bonchev–Trinajstić information content (AvgIpc) is 2.77. The quantitative estimate of drug-likeness (QED) is 0.855. The molecule has 0 aliphatic carbocycles. The third kappa shape index (κ3) is 4.05. The molecule has 0 atom stereocenters. The second-order valence-corrected chi connectivity index (χ2v) is 7.02. The van der Waals surface area contributed by atoms with Gasteiger partial charge in [0.25, 0.3) is 0 Å². The number of nitrogens with zero attached hydrogens (tertiary/aromatic N) is 5. The molecule has 8 nitrogen and oxygen atoms in total. The van der Waals surface area contributed by atoms with Crippen LogP contribution in [-0.2, 0) is 17.8 Å². The lowest BCUT2D eigenvalue weighted by Crippen LogP contribution is -2.53. The van der Waals surface area contributed by atoms with Crippen molar-refractivity contribution in [3.05, 3.63) is 53.9 Å². The average molecular weight is 380 g/mol. The van der Waals surface area contributed by atoms with Gasteiger partial charge in [0, 0.05) is 51.7 Å². The molecule has 8 heteroatoms. The van der Waals surface area contributed by atoms with Crippen LogP contribution in [0.2, 0.25) is 0 Å². The van der Waals surface area contributed by atoms with Crippen LogP contribution in [0.25, 0.3) is 0 Å². The number of hydrogen-bond acceptors (Lipinski definition) is 5. The summed E-state index contributed by atoms with van der Waals surface area (Å²) in [5, 5.41) is 2.77. The van der Waals surface area contributed by atoms with E-state index in [1.807, 2.05) is 17.0 Å². The predicted octanol–water partition coefficient (Wildman–Crippen LogP) is 0.893. The van der Waals surface area contributed by atoms with E-state index in [1.54, 1.807) is 23.4 Å². The van der Waals surface area contributed by atoms with Crippen molar-refractivity contribution in [2.45, 2.75) is 13.0 Å². The summed E-state index contributed by atoms with van der Waals surface area (Å²) in [7, 11) is 0. The lowest BCUT2D eigenvalue weighted by molar-refractivity contribution is -0.131. The number of aromatic nitrogens is 2. The van der Waals surface area contributed by atoms with Crippen molar-refractivity contribution in [1.29, 1.82) is 0 Å². The number of hydrogen-bond donors (Lipinski definition) is 1. The monoisotopic (exact) mass is 380 g/mol. The van der Waals surface area contributed by atoms with E-state index in [1.165, 1.54) is 11.1 Å². The van der Waals surface area contributed by atoms with Gasteiger partial charge >= 0.3 is 6.03 Å². The van der Waals surface area contributed by atoms with Crippen molar-refractivity contribution in [3.8, 4) is 0 Å². The normalized spacial score (nSPS) is 16.5. The van der Waals surface area contributed by atoms with E-state index in [0.717, 1.165) is 6.42 Å². The largest absolute Gasteiger partial charge is 0.337 e. The maximum absolute atomic E-state index is 12.5. The fraction of sp³-hybridized carbons (Fsp3) is 0.400. The van der Waals surface area contributed by atoms with Crippen molar-refractivity contribution in [2.24, 2.45) is 0 Å². The Kier molecular flexibility index (Phi) is 5.36. The number of urea groups is 1. The highest BCUT2D eigenvalue weighted by atomic mass is 16.2. The Morgan fingerprint density at radius 1 is 0.893 bits per heavy atom. The van der Waals surface area contributed by atoms with Gasteiger partial charge in [-0.1, -0.05) is 24.3 Å². The first kappa shape index (κ1) is 18.2. The molecule has 1 saturated heterocycles. The predicted molar refractivity (Wildman–Crippen MR) is 105 cm³/mol. The molecule has 146 valence electrons. The van der Waals surface area contributed by atoms with Gasteiger partial charge in [0.2, 0.25) is 11.9 Å². The van der Waals surface area contributed by atoms with Gasteiger partial charge in [0.1, 0.15) is 0 Å². The number of anilines is 1. The fourth-order valence-electron chi connectivity index (χ4n) is 3.65. The second kappa shape index (κ2) is 8.24. The highest BCUT2D eigenvalue weighted by Crippen LogP contribution is 2.18. The number of rotatable bonds is 3. The molecule has 0 unspecified atom stereocenters. The Hall–Kier alpha value is -3.16. The van der Waals surface area contributed by atoms with E-state index >= 15 is 0 Å². The summed E-state index contributed by atoms with van der Waals surface area (Å²) < 4.78 is 0. The van der Waals surface area contributed by atoms with Gasteiger partial charge in [0.05, 0.1) is 6.54 Å². The molecule has 1 N–H and O–H groups in total. The molecule has 28 heavy (non-hydrogen) atoms. The zero-order chi connectivity index (χ0) is 19.3. The molecular weight excluding hydrogens is 356 g/mol. The van der Waals surface area contributed by atoms with E-state index in [9.17, 15) is 9.59 Å². The molecule has 1 aromatic heterocycles. The van der Waals surface area contributed by atoms with Crippen molar-refractivity contribution < 1.29 is 9.59 Å². The first-order valence-corrected chi connectivity index (χ1v) is 9.60. The van der Waals surface area contributed by atoms with Gasteiger partial charge in [-0.15, -0.1) is 0 Å². The first-order chi connectivity index (χ1) is 13.7. The van der Waals surface area contributed by atoms with E-state index in [-0.39, 0.29) is 18.5 Å². The topological polar surface area (TPSA) is 81.7 Å².